The molecule has 0 aliphatic carbocycles. The molecule has 1 aliphatic rings. The number of hydrogen-bond donors (Lipinski definition) is 1. The van der Waals surface area contributed by atoms with Crippen LogP contribution in [0.25, 0.3) is 23.1 Å². The molecule has 0 saturated carbocycles. The summed E-state index contributed by atoms with van der Waals surface area (Å²) in [6, 6.07) is 16.4. The van der Waals surface area contributed by atoms with E-state index >= 15 is 0 Å². The Labute approximate surface area is 129 Å². The van der Waals surface area contributed by atoms with Gasteiger partial charge in [-0.3, -0.25) is 0 Å². The molecule has 0 amide bonds. The molecule has 1 unspecified atom stereocenters. The average molecular weight is 291 g/mol. The van der Waals surface area contributed by atoms with E-state index in [2.05, 4.69) is 47.5 Å². The third-order valence-electron chi connectivity index (χ3n) is 3.82. The predicted octanol–water partition coefficient (Wildman–Crippen LogP) is 4.12. The van der Waals surface area contributed by atoms with Gasteiger partial charge in [-0.15, -0.1) is 0 Å². The van der Waals surface area contributed by atoms with Crippen LogP contribution >= 0.6 is 0 Å². The number of aromatic nitrogens is 1. The lowest BCUT2D eigenvalue weighted by atomic mass is 10.1. The fourth-order valence-corrected chi connectivity index (χ4v) is 2.53. The number of H-pyrrole nitrogens is 1. The number of epoxide rings is 1. The maximum Gasteiger partial charge on any atom is 0.126 e. The lowest BCUT2D eigenvalue weighted by molar-refractivity contribution is 0.262. The molecule has 22 heavy (non-hydrogen) atoms. The molecule has 1 aliphatic heterocycles. The molecule has 1 atom stereocenters. The van der Waals surface area contributed by atoms with E-state index < -0.39 is 0 Å². The molecule has 3 aromatic rings. The molecule has 2 aromatic carbocycles. The second-order valence-corrected chi connectivity index (χ2v) is 5.42. The van der Waals surface area contributed by atoms with Crippen molar-refractivity contribution in [3.63, 3.8) is 0 Å². The minimum absolute atomic E-state index is 0.269. The van der Waals surface area contributed by atoms with E-state index in [1.807, 2.05) is 24.4 Å². The number of aromatic amines is 1. The number of rotatable bonds is 5. The lowest BCUT2D eigenvalue weighted by Gasteiger charge is -2.07. The zero-order valence-electron chi connectivity index (χ0n) is 12.2. The Morgan fingerprint density at radius 2 is 1.86 bits per heavy atom. The zero-order valence-corrected chi connectivity index (χ0v) is 12.2. The summed E-state index contributed by atoms with van der Waals surface area (Å²) in [5.74, 6) is 0.899. The van der Waals surface area contributed by atoms with Crippen LogP contribution in [0.1, 0.15) is 11.1 Å². The highest BCUT2D eigenvalue weighted by Crippen LogP contribution is 2.24. The van der Waals surface area contributed by atoms with Crippen LogP contribution in [0.3, 0.4) is 0 Å². The van der Waals surface area contributed by atoms with Gasteiger partial charge >= 0.3 is 0 Å². The number of fused-ring (bicyclic) bond motifs is 1. The number of hydrogen-bond acceptors (Lipinski definition) is 2. The Morgan fingerprint density at radius 1 is 1.05 bits per heavy atom. The summed E-state index contributed by atoms with van der Waals surface area (Å²) in [4.78, 5) is 3.24. The predicted molar refractivity (Wildman–Crippen MR) is 88.9 cm³/mol. The fraction of sp³-hybridized carbons (Fsp3) is 0.158. The molecule has 2 heterocycles. The van der Waals surface area contributed by atoms with E-state index in [0.717, 1.165) is 23.4 Å². The van der Waals surface area contributed by atoms with E-state index in [1.54, 1.807) is 0 Å². The van der Waals surface area contributed by atoms with Gasteiger partial charge in [-0.1, -0.05) is 42.5 Å². The van der Waals surface area contributed by atoms with Crippen LogP contribution in [0.15, 0.2) is 54.7 Å². The molecule has 0 bridgehead atoms. The minimum atomic E-state index is 0.269. The zero-order chi connectivity index (χ0) is 14.8. The summed E-state index contributed by atoms with van der Waals surface area (Å²) in [6.07, 6.45) is 6.47. The van der Waals surface area contributed by atoms with Crippen molar-refractivity contribution in [2.24, 2.45) is 0 Å². The Hall–Kier alpha value is -2.52. The molecule has 0 spiro atoms. The van der Waals surface area contributed by atoms with Crippen LogP contribution in [0.5, 0.6) is 5.75 Å². The smallest absolute Gasteiger partial charge is 0.126 e. The number of para-hydroxylation sites is 1. The summed E-state index contributed by atoms with van der Waals surface area (Å²) in [6.45, 7) is 1.44. The fourth-order valence-electron chi connectivity index (χ4n) is 2.53. The number of nitrogens with one attached hydrogen (secondary N) is 1. The SMILES string of the molecule is C(=C\c1cccc2[nH]ccc12)/c1ccccc1OCC1CO1. The van der Waals surface area contributed by atoms with E-state index in [-0.39, 0.29) is 6.10 Å². The molecule has 1 fully saturated rings. The van der Waals surface area contributed by atoms with E-state index in [0.29, 0.717) is 6.61 Å². The van der Waals surface area contributed by atoms with Gasteiger partial charge in [0.15, 0.2) is 0 Å². The largest absolute Gasteiger partial charge is 0.490 e. The van der Waals surface area contributed by atoms with Gasteiger partial charge in [0.05, 0.1) is 6.61 Å². The van der Waals surface area contributed by atoms with E-state index in [4.69, 9.17) is 9.47 Å². The second kappa shape index (κ2) is 5.70. The monoisotopic (exact) mass is 291 g/mol. The van der Waals surface area contributed by atoms with Crippen molar-refractivity contribution >= 4 is 23.1 Å². The van der Waals surface area contributed by atoms with Crippen LogP contribution in [0.4, 0.5) is 0 Å². The molecule has 1 saturated heterocycles. The highest BCUT2D eigenvalue weighted by molar-refractivity contribution is 5.91. The first kappa shape index (κ1) is 13.2. The van der Waals surface area contributed by atoms with Crippen molar-refractivity contribution in [1.29, 1.82) is 0 Å². The van der Waals surface area contributed by atoms with Gasteiger partial charge < -0.3 is 14.5 Å². The third kappa shape index (κ3) is 2.76. The first-order valence-electron chi connectivity index (χ1n) is 7.48. The molecule has 1 N–H and O–H groups in total. The Kier molecular flexibility index (Phi) is 3.41. The quantitative estimate of drug-likeness (QED) is 0.567. The first-order valence-corrected chi connectivity index (χ1v) is 7.48. The van der Waals surface area contributed by atoms with Gasteiger partial charge in [0.25, 0.3) is 0 Å². The maximum absolute atomic E-state index is 5.84. The van der Waals surface area contributed by atoms with E-state index in [1.165, 1.54) is 10.9 Å². The van der Waals surface area contributed by atoms with Crippen molar-refractivity contribution < 1.29 is 9.47 Å². The van der Waals surface area contributed by atoms with Crippen molar-refractivity contribution in [3.8, 4) is 5.75 Å². The summed E-state index contributed by atoms with van der Waals surface area (Å²) >= 11 is 0. The molecule has 110 valence electrons. The molecular weight excluding hydrogens is 274 g/mol. The topological polar surface area (TPSA) is 37.5 Å². The van der Waals surface area contributed by atoms with Crippen molar-refractivity contribution in [2.75, 3.05) is 13.2 Å². The minimum Gasteiger partial charge on any atom is -0.490 e. The Balaban J connectivity index is 1.60. The summed E-state index contributed by atoms with van der Waals surface area (Å²) in [7, 11) is 0. The Bertz CT molecular complexity index is 815. The molecule has 0 radical (unpaired) electrons. The number of ether oxygens (including phenoxy) is 2. The van der Waals surface area contributed by atoms with Gasteiger partial charge in [0.1, 0.15) is 18.5 Å². The molecule has 4 rings (SSSR count). The first-order chi connectivity index (χ1) is 10.9. The van der Waals surface area contributed by atoms with Crippen molar-refractivity contribution in [1.82, 2.24) is 4.98 Å². The van der Waals surface area contributed by atoms with Crippen LogP contribution in [0, 0.1) is 0 Å². The highest BCUT2D eigenvalue weighted by atomic mass is 16.6. The molecule has 1 aromatic heterocycles. The van der Waals surface area contributed by atoms with Crippen LogP contribution in [0.2, 0.25) is 0 Å². The number of benzene rings is 2. The molecule has 3 heteroatoms. The van der Waals surface area contributed by atoms with Crippen molar-refractivity contribution in [3.05, 3.63) is 65.9 Å². The van der Waals surface area contributed by atoms with E-state index in [9.17, 15) is 0 Å². The third-order valence-corrected chi connectivity index (χ3v) is 3.82. The molecular formula is C19H17NO2. The van der Waals surface area contributed by atoms with Gasteiger partial charge in [-0.2, -0.15) is 0 Å². The van der Waals surface area contributed by atoms with Crippen LogP contribution < -0.4 is 4.74 Å². The second-order valence-electron chi connectivity index (χ2n) is 5.42. The maximum atomic E-state index is 5.84. The normalized spacial score (nSPS) is 17.2. The van der Waals surface area contributed by atoms with Crippen LogP contribution in [-0.2, 0) is 4.74 Å². The summed E-state index contributed by atoms with van der Waals surface area (Å²) in [5.41, 5.74) is 3.42. The lowest BCUT2D eigenvalue weighted by Crippen LogP contribution is -2.04. The average Bonchev–Trinajstić information content (AvgIpc) is 3.26. The van der Waals surface area contributed by atoms with Gasteiger partial charge in [-0.25, -0.2) is 0 Å². The molecule has 3 nitrogen and oxygen atoms in total. The Morgan fingerprint density at radius 3 is 2.77 bits per heavy atom. The van der Waals surface area contributed by atoms with Crippen LogP contribution in [-0.4, -0.2) is 24.3 Å². The standard InChI is InChI=1S/C19H17NO2/c1-2-7-19(22-13-16-12-21-16)15(4-1)9-8-14-5-3-6-18-17(14)10-11-20-18/h1-11,16,20H,12-13H2/b9-8+. The summed E-state index contributed by atoms with van der Waals surface area (Å²) < 4.78 is 11.0. The van der Waals surface area contributed by atoms with Crippen molar-refractivity contribution in [2.45, 2.75) is 6.10 Å². The summed E-state index contributed by atoms with van der Waals surface area (Å²) in [5, 5.41) is 1.23. The van der Waals surface area contributed by atoms with Gasteiger partial charge in [0, 0.05) is 22.7 Å². The van der Waals surface area contributed by atoms with Gasteiger partial charge in [0.2, 0.25) is 0 Å². The van der Waals surface area contributed by atoms with Gasteiger partial charge in [-0.05, 0) is 23.8 Å². The highest BCUT2D eigenvalue weighted by Gasteiger charge is 2.23.